The molecule has 3 rings (SSSR count). The van der Waals surface area contributed by atoms with Crippen molar-refractivity contribution in [2.45, 2.75) is 38.1 Å². The van der Waals surface area contributed by atoms with Gasteiger partial charge in [0.15, 0.2) is 5.96 Å². The van der Waals surface area contributed by atoms with Crippen molar-refractivity contribution in [1.82, 2.24) is 15.6 Å². The van der Waals surface area contributed by atoms with Crippen molar-refractivity contribution in [2.75, 3.05) is 26.8 Å². The van der Waals surface area contributed by atoms with Gasteiger partial charge in [-0.15, -0.1) is 35.3 Å². The van der Waals surface area contributed by atoms with Crippen LogP contribution in [0, 0.1) is 0 Å². The van der Waals surface area contributed by atoms with Gasteiger partial charge < -0.3 is 15.4 Å². The molecule has 1 saturated heterocycles. The lowest BCUT2D eigenvalue weighted by Crippen LogP contribution is -2.47. The molecule has 1 fully saturated rings. The van der Waals surface area contributed by atoms with Crippen LogP contribution in [0.15, 0.2) is 35.5 Å². The van der Waals surface area contributed by atoms with Gasteiger partial charge in [-0.1, -0.05) is 30.7 Å². The molecule has 1 aliphatic rings. The second kappa shape index (κ2) is 11.3. The van der Waals surface area contributed by atoms with E-state index in [1.54, 1.807) is 18.4 Å². The lowest BCUT2D eigenvalue weighted by Gasteiger charge is -2.38. The maximum absolute atomic E-state index is 6.25. The molecule has 0 radical (unpaired) electrons. The van der Waals surface area contributed by atoms with Gasteiger partial charge in [-0.25, -0.2) is 4.98 Å². The highest BCUT2D eigenvalue weighted by molar-refractivity contribution is 14.0. The molecule has 2 N–H and O–H groups in total. The Balaban J connectivity index is 0.00000280. The number of guanidine groups is 1. The van der Waals surface area contributed by atoms with E-state index in [1.807, 2.05) is 18.3 Å². The Labute approximate surface area is 193 Å². The van der Waals surface area contributed by atoms with E-state index in [-0.39, 0.29) is 29.4 Å². The molecule has 28 heavy (non-hydrogen) atoms. The normalized spacial score (nSPS) is 16.3. The van der Waals surface area contributed by atoms with Crippen molar-refractivity contribution in [2.24, 2.45) is 4.99 Å². The maximum Gasteiger partial charge on any atom is 0.191 e. The summed E-state index contributed by atoms with van der Waals surface area (Å²) in [5.74, 6) is 0.788. The largest absolute Gasteiger partial charge is 0.381 e. The van der Waals surface area contributed by atoms with Crippen molar-refractivity contribution >= 4 is 52.9 Å². The molecular formula is C20H28ClIN4OS. The van der Waals surface area contributed by atoms with Crippen LogP contribution in [-0.2, 0) is 23.1 Å². The maximum atomic E-state index is 6.25. The van der Waals surface area contributed by atoms with E-state index in [0.717, 1.165) is 55.0 Å². The lowest BCUT2D eigenvalue weighted by atomic mass is 9.74. The molecule has 0 saturated carbocycles. The number of hydrogen-bond acceptors (Lipinski definition) is 4. The van der Waals surface area contributed by atoms with Crippen molar-refractivity contribution in [3.63, 3.8) is 0 Å². The number of halogens is 2. The Morgan fingerprint density at radius 2 is 2.11 bits per heavy atom. The first-order chi connectivity index (χ1) is 13.1. The first kappa shape index (κ1) is 23.4. The Kier molecular flexibility index (Phi) is 9.46. The number of nitrogens with zero attached hydrogens (tertiary/aromatic N) is 2. The van der Waals surface area contributed by atoms with Gasteiger partial charge in [-0.05, 0) is 37.0 Å². The van der Waals surface area contributed by atoms with E-state index in [1.165, 1.54) is 10.4 Å². The van der Waals surface area contributed by atoms with E-state index >= 15 is 0 Å². The van der Waals surface area contributed by atoms with Gasteiger partial charge in [-0.3, -0.25) is 4.99 Å². The number of aromatic nitrogens is 1. The highest BCUT2D eigenvalue weighted by atomic mass is 127. The molecule has 1 aromatic heterocycles. The summed E-state index contributed by atoms with van der Waals surface area (Å²) in [4.78, 5) is 10.1. The monoisotopic (exact) mass is 534 g/mol. The minimum absolute atomic E-state index is 0. The fourth-order valence-corrected chi connectivity index (χ4v) is 4.37. The number of aliphatic imine (C=N–C) groups is 1. The third-order valence-electron chi connectivity index (χ3n) is 5.06. The summed E-state index contributed by atoms with van der Waals surface area (Å²) in [6.45, 7) is 5.14. The highest BCUT2D eigenvalue weighted by Gasteiger charge is 2.34. The zero-order valence-electron chi connectivity index (χ0n) is 16.3. The van der Waals surface area contributed by atoms with Gasteiger partial charge in [0.25, 0.3) is 0 Å². The molecule has 0 amide bonds. The number of rotatable bonds is 6. The van der Waals surface area contributed by atoms with Crippen LogP contribution in [0.1, 0.15) is 35.2 Å². The van der Waals surface area contributed by atoms with Crippen LogP contribution in [-0.4, -0.2) is 37.7 Å². The number of ether oxygens (including phenoxy) is 1. The fraction of sp³-hybridized carbons (Fsp3) is 0.500. The second-order valence-corrected chi connectivity index (χ2v) is 8.39. The van der Waals surface area contributed by atoms with E-state index in [2.05, 4.69) is 39.7 Å². The molecule has 2 heterocycles. The zero-order chi connectivity index (χ0) is 19.1. The highest BCUT2D eigenvalue weighted by Crippen LogP contribution is 2.35. The predicted molar refractivity (Wildman–Crippen MR) is 128 cm³/mol. The zero-order valence-corrected chi connectivity index (χ0v) is 20.2. The molecular weight excluding hydrogens is 507 g/mol. The molecule has 8 heteroatoms. The summed E-state index contributed by atoms with van der Waals surface area (Å²) in [5, 5.41) is 8.73. The van der Waals surface area contributed by atoms with Gasteiger partial charge in [0, 0.05) is 48.3 Å². The third-order valence-corrected chi connectivity index (χ3v) is 6.44. The third kappa shape index (κ3) is 6.05. The summed E-state index contributed by atoms with van der Waals surface area (Å²) < 4.78 is 5.61. The molecule has 0 spiro atoms. The van der Waals surface area contributed by atoms with Crippen molar-refractivity contribution in [1.29, 1.82) is 0 Å². The van der Waals surface area contributed by atoms with E-state index in [4.69, 9.17) is 16.3 Å². The van der Waals surface area contributed by atoms with Gasteiger partial charge in [0.05, 0.1) is 6.54 Å². The molecule has 154 valence electrons. The summed E-state index contributed by atoms with van der Waals surface area (Å²) in [5.41, 5.74) is 1.26. The standard InChI is InChI=1S/C20H27ClN4OS.HI/c1-3-17-12-23-18(27-17)13-24-19(22-2)25-14-20(7-9-26-10-8-20)15-5-4-6-16(21)11-15;/h4-6,11-12H,3,7-10,13-14H2,1-2H3,(H2,22,24,25);1H. The Hall–Kier alpha value is -0.900. The summed E-state index contributed by atoms with van der Waals surface area (Å²) in [7, 11) is 1.80. The van der Waals surface area contributed by atoms with Crippen LogP contribution in [0.5, 0.6) is 0 Å². The average Bonchev–Trinajstić information content (AvgIpc) is 3.17. The average molecular weight is 535 g/mol. The van der Waals surface area contributed by atoms with Gasteiger partial charge in [0.2, 0.25) is 0 Å². The van der Waals surface area contributed by atoms with Crippen molar-refractivity contribution in [3.05, 3.63) is 50.9 Å². The van der Waals surface area contributed by atoms with Crippen molar-refractivity contribution < 1.29 is 4.74 Å². The van der Waals surface area contributed by atoms with E-state index < -0.39 is 0 Å². The molecule has 0 atom stereocenters. The van der Waals surface area contributed by atoms with Crippen LogP contribution in [0.4, 0.5) is 0 Å². The van der Waals surface area contributed by atoms with Crippen LogP contribution in [0.25, 0.3) is 0 Å². The molecule has 0 aliphatic carbocycles. The topological polar surface area (TPSA) is 58.5 Å². The minimum Gasteiger partial charge on any atom is -0.381 e. The molecule has 5 nitrogen and oxygen atoms in total. The molecule has 1 aromatic carbocycles. The summed E-state index contributed by atoms with van der Waals surface area (Å²) in [6.07, 6.45) is 4.90. The van der Waals surface area contributed by atoms with E-state index in [9.17, 15) is 0 Å². The Morgan fingerprint density at radius 3 is 2.75 bits per heavy atom. The number of hydrogen-bond donors (Lipinski definition) is 2. The molecule has 0 unspecified atom stereocenters. The summed E-state index contributed by atoms with van der Waals surface area (Å²) >= 11 is 8.00. The molecule has 0 bridgehead atoms. The number of thiazole rings is 1. The van der Waals surface area contributed by atoms with Crippen LogP contribution in [0.3, 0.4) is 0 Å². The first-order valence-electron chi connectivity index (χ1n) is 9.37. The Bertz CT molecular complexity index is 777. The number of benzene rings is 1. The Morgan fingerprint density at radius 1 is 1.32 bits per heavy atom. The number of nitrogens with one attached hydrogen (secondary N) is 2. The van der Waals surface area contributed by atoms with E-state index in [0.29, 0.717) is 6.54 Å². The lowest BCUT2D eigenvalue weighted by molar-refractivity contribution is 0.0514. The molecule has 2 aromatic rings. The smallest absolute Gasteiger partial charge is 0.191 e. The first-order valence-corrected chi connectivity index (χ1v) is 10.6. The van der Waals surface area contributed by atoms with Crippen molar-refractivity contribution in [3.8, 4) is 0 Å². The quantitative estimate of drug-likeness (QED) is 0.328. The number of aryl methyl sites for hydroxylation is 1. The van der Waals surface area contributed by atoms with Crippen LogP contribution < -0.4 is 10.6 Å². The van der Waals surface area contributed by atoms with Crippen LogP contribution >= 0.6 is 46.9 Å². The SMILES string of the molecule is CCc1cnc(CNC(=NC)NCC2(c3cccc(Cl)c3)CCOCC2)s1.I. The molecule has 1 aliphatic heterocycles. The van der Waals surface area contributed by atoms with Gasteiger partial charge in [0.1, 0.15) is 5.01 Å². The van der Waals surface area contributed by atoms with Gasteiger partial charge >= 0.3 is 0 Å². The summed E-state index contributed by atoms with van der Waals surface area (Å²) in [6, 6.07) is 8.18. The van der Waals surface area contributed by atoms with Gasteiger partial charge in [-0.2, -0.15) is 0 Å². The fourth-order valence-electron chi connectivity index (χ4n) is 3.37. The predicted octanol–water partition coefficient (Wildman–Crippen LogP) is 4.39. The minimum atomic E-state index is -0.00265. The second-order valence-electron chi connectivity index (χ2n) is 6.76. The van der Waals surface area contributed by atoms with Crippen LogP contribution in [0.2, 0.25) is 5.02 Å².